The smallest absolute Gasteiger partial charge is 0.342 e. The average molecular weight is 506 g/mol. The molecular formula is C18H25FN4O8P2. The van der Waals surface area contributed by atoms with Crippen LogP contribution in [0.2, 0.25) is 0 Å². The molecule has 0 radical (unpaired) electrons. The Labute approximate surface area is 188 Å². The van der Waals surface area contributed by atoms with E-state index in [0.29, 0.717) is 6.54 Å². The summed E-state index contributed by atoms with van der Waals surface area (Å²) in [5.74, 6) is -1.23. The Hall–Kier alpha value is -1.98. The van der Waals surface area contributed by atoms with Crippen LogP contribution in [0.15, 0.2) is 17.1 Å². The van der Waals surface area contributed by atoms with Crippen molar-refractivity contribution >= 4 is 37.8 Å². The fourth-order valence-corrected chi connectivity index (χ4v) is 6.23. The number of aryl methyl sites for hydroxylation is 1. The van der Waals surface area contributed by atoms with Gasteiger partial charge in [0.15, 0.2) is 22.8 Å². The van der Waals surface area contributed by atoms with Crippen LogP contribution in [0.4, 0.5) is 10.2 Å². The number of aromatic nitrogens is 2. The maximum absolute atomic E-state index is 14.9. The van der Waals surface area contributed by atoms with E-state index < -0.39 is 44.2 Å². The highest BCUT2D eigenvalue weighted by Gasteiger charge is 2.44. The van der Waals surface area contributed by atoms with Gasteiger partial charge in [-0.25, -0.2) is 9.37 Å². The van der Waals surface area contributed by atoms with Crippen LogP contribution in [-0.2, 0) is 15.7 Å². The molecule has 0 spiro atoms. The lowest BCUT2D eigenvalue weighted by Crippen LogP contribution is -2.49. The van der Waals surface area contributed by atoms with Crippen molar-refractivity contribution < 1.29 is 37.9 Å². The van der Waals surface area contributed by atoms with E-state index in [9.17, 15) is 42.7 Å². The van der Waals surface area contributed by atoms with Crippen molar-refractivity contribution in [2.45, 2.75) is 25.8 Å². The minimum atomic E-state index is -5.04. The summed E-state index contributed by atoms with van der Waals surface area (Å²) in [5.41, 5.74) is -0.447. The maximum Gasteiger partial charge on any atom is 0.342 e. The SMILES string of the molecule is CCn1cc(C(C)=O)c(=O)c2cc(F)c(N3CCN(CC(P(=O)(O)O)P(=O)(O)O)CC3)nc21. The minimum Gasteiger partial charge on any atom is -0.352 e. The number of ketones is 1. The molecular weight excluding hydrogens is 481 g/mol. The van der Waals surface area contributed by atoms with Gasteiger partial charge in [-0.3, -0.25) is 23.6 Å². The van der Waals surface area contributed by atoms with Crippen LogP contribution in [0, 0.1) is 5.82 Å². The molecule has 3 heterocycles. The molecule has 1 saturated heterocycles. The number of piperazine rings is 1. The molecule has 33 heavy (non-hydrogen) atoms. The lowest BCUT2D eigenvalue weighted by molar-refractivity contribution is 0.101. The van der Waals surface area contributed by atoms with Gasteiger partial charge in [-0.1, -0.05) is 0 Å². The van der Waals surface area contributed by atoms with Crippen LogP contribution in [0.25, 0.3) is 11.0 Å². The summed E-state index contributed by atoms with van der Waals surface area (Å²) >= 11 is 0. The van der Waals surface area contributed by atoms with E-state index in [-0.39, 0.29) is 48.6 Å². The molecule has 4 N–H and O–H groups in total. The average Bonchev–Trinajstić information content (AvgIpc) is 2.71. The van der Waals surface area contributed by atoms with Crippen LogP contribution in [0.3, 0.4) is 0 Å². The first kappa shape index (κ1) is 25.6. The fourth-order valence-electron chi connectivity index (χ4n) is 3.77. The Morgan fingerprint density at radius 2 is 1.73 bits per heavy atom. The van der Waals surface area contributed by atoms with Crippen molar-refractivity contribution in [3.8, 4) is 0 Å². The van der Waals surface area contributed by atoms with Gasteiger partial charge in [0.25, 0.3) is 0 Å². The third-order valence-electron chi connectivity index (χ3n) is 5.57. The molecule has 2 aromatic rings. The lowest BCUT2D eigenvalue weighted by atomic mass is 10.1. The van der Waals surface area contributed by atoms with Crippen molar-refractivity contribution in [2.75, 3.05) is 37.6 Å². The molecule has 1 aliphatic rings. The van der Waals surface area contributed by atoms with Gasteiger partial charge in [-0.2, -0.15) is 0 Å². The Balaban J connectivity index is 1.87. The van der Waals surface area contributed by atoms with Crippen LogP contribution < -0.4 is 10.3 Å². The lowest BCUT2D eigenvalue weighted by Gasteiger charge is -2.37. The highest BCUT2D eigenvalue weighted by Crippen LogP contribution is 2.59. The first-order valence-electron chi connectivity index (χ1n) is 10.1. The molecule has 0 aromatic carbocycles. The number of carbonyl (C=O) groups is 1. The van der Waals surface area contributed by atoms with Gasteiger partial charge in [-0.05, 0) is 19.9 Å². The molecule has 0 unspecified atom stereocenters. The molecule has 1 fully saturated rings. The highest BCUT2D eigenvalue weighted by atomic mass is 31.2. The van der Waals surface area contributed by atoms with Crippen LogP contribution in [0.1, 0.15) is 24.2 Å². The number of nitrogens with zero attached hydrogens (tertiary/aromatic N) is 4. The molecule has 0 atom stereocenters. The van der Waals surface area contributed by atoms with Crippen molar-refractivity contribution in [1.29, 1.82) is 0 Å². The molecule has 2 aromatic heterocycles. The number of fused-ring (bicyclic) bond motifs is 1. The second kappa shape index (κ2) is 9.34. The fraction of sp³-hybridized carbons (Fsp3) is 0.500. The number of hydrogen-bond acceptors (Lipinski definition) is 7. The molecule has 15 heteroatoms. The standard InChI is InChI=1S/C18H25FN4O8P2/c1-3-22-9-13(11(2)24)16(25)12-8-14(19)18(20-17(12)22)23-6-4-21(5-7-23)10-15(32(26,27)28)33(29,30)31/h8-9,15H,3-7,10H2,1-2H3,(H2,26,27,28)(H2,29,30,31). The number of carbonyl (C=O) groups excluding carboxylic acids is 1. The number of Topliss-reactive ketones (excluding diaryl/α,β-unsaturated/α-hetero) is 1. The molecule has 0 bridgehead atoms. The largest absolute Gasteiger partial charge is 0.352 e. The molecule has 0 saturated carbocycles. The van der Waals surface area contributed by atoms with Gasteiger partial charge < -0.3 is 29.0 Å². The van der Waals surface area contributed by atoms with Gasteiger partial charge in [0.05, 0.1) is 10.9 Å². The predicted molar refractivity (Wildman–Crippen MR) is 118 cm³/mol. The van der Waals surface area contributed by atoms with E-state index in [1.807, 2.05) is 0 Å². The van der Waals surface area contributed by atoms with Gasteiger partial charge in [0, 0.05) is 45.5 Å². The van der Waals surface area contributed by atoms with Crippen molar-refractivity contribution in [1.82, 2.24) is 14.5 Å². The van der Waals surface area contributed by atoms with E-state index >= 15 is 0 Å². The molecule has 0 amide bonds. The zero-order chi connectivity index (χ0) is 24.7. The van der Waals surface area contributed by atoms with Gasteiger partial charge in [0.2, 0.25) is 5.43 Å². The van der Waals surface area contributed by atoms with Crippen LogP contribution in [-0.4, -0.2) is 77.9 Å². The molecule has 12 nitrogen and oxygen atoms in total. The number of pyridine rings is 2. The van der Waals surface area contributed by atoms with Crippen LogP contribution in [0.5, 0.6) is 0 Å². The summed E-state index contributed by atoms with van der Waals surface area (Å²) in [6, 6.07) is 1.04. The molecule has 3 rings (SSSR count). The molecule has 1 aliphatic heterocycles. The van der Waals surface area contributed by atoms with E-state index in [4.69, 9.17) is 0 Å². The third-order valence-corrected chi connectivity index (χ3v) is 9.26. The summed E-state index contributed by atoms with van der Waals surface area (Å²) in [6.07, 6.45) is 1.39. The first-order valence-corrected chi connectivity index (χ1v) is 13.4. The van der Waals surface area contributed by atoms with Crippen molar-refractivity contribution in [2.24, 2.45) is 0 Å². The summed E-state index contributed by atoms with van der Waals surface area (Å²) in [4.78, 5) is 69.0. The van der Waals surface area contributed by atoms with E-state index in [1.165, 1.54) is 18.0 Å². The number of anilines is 1. The normalized spacial score (nSPS) is 16.1. The third kappa shape index (κ3) is 5.41. The molecule has 0 aliphatic carbocycles. The topological polar surface area (TPSA) is 174 Å². The summed E-state index contributed by atoms with van der Waals surface area (Å²) in [5, 5.41) is -2.16. The van der Waals surface area contributed by atoms with Crippen molar-refractivity contribution in [3.05, 3.63) is 33.9 Å². The number of hydrogen-bond donors (Lipinski definition) is 4. The van der Waals surface area contributed by atoms with E-state index in [0.717, 1.165) is 6.07 Å². The van der Waals surface area contributed by atoms with Crippen LogP contribution >= 0.6 is 15.2 Å². The second-order valence-electron chi connectivity index (χ2n) is 7.83. The number of halogens is 1. The Kier molecular flexibility index (Phi) is 7.26. The summed E-state index contributed by atoms with van der Waals surface area (Å²) < 4.78 is 39.5. The van der Waals surface area contributed by atoms with Gasteiger partial charge in [-0.15, -0.1) is 0 Å². The van der Waals surface area contributed by atoms with E-state index in [1.54, 1.807) is 16.4 Å². The molecule has 182 valence electrons. The van der Waals surface area contributed by atoms with Gasteiger partial charge >= 0.3 is 15.2 Å². The Bertz CT molecular complexity index is 1210. The zero-order valence-corrected chi connectivity index (χ0v) is 19.7. The summed E-state index contributed by atoms with van der Waals surface area (Å²) in [6.45, 7) is 3.56. The van der Waals surface area contributed by atoms with E-state index in [2.05, 4.69) is 4.98 Å². The minimum absolute atomic E-state index is 0.0180. The summed E-state index contributed by atoms with van der Waals surface area (Å²) in [7, 11) is -10.1. The monoisotopic (exact) mass is 506 g/mol. The van der Waals surface area contributed by atoms with Crippen molar-refractivity contribution in [3.63, 3.8) is 0 Å². The predicted octanol–water partition coefficient (Wildman–Crippen LogP) is 0.562. The Morgan fingerprint density at radius 1 is 1.15 bits per heavy atom. The first-order chi connectivity index (χ1) is 15.2. The zero-order valence-electron chi connectivity index (χ0n) is 18.0. The van der Waals surface area contributed by atoms with Gasteiger partial charge in [0.1, 0.15) is 5.65 Å². The number of rotatable bonds is 7. The quantitative estimate of drug-likeness (QED) is 0.305. The second-order valence-corrected chi connectivity index (χ2v) is 11.8. The highest BCUT2D eigenvalue weighted by molar-refractivity contribution is 7.70. The maximum atomic E-state index is 14.9. The Morgan fingerprint density at radius 3 is 2.21 bits per heavy atom.